The lowest BCUT2D eigenvalue weighted by Gasteiger charge is -2.20. The molecule has 0 saturated carbocycles. The first-order valence-corrected chi connectivity index (χ1v) is 7.95. The first-order chi connectivity index (χ1) is 10.9. The van der Waals surface area contributed by atoms with Crippen molar-refractivity contribution in [3.8, 4) is 10.6 Å². The van der Waals surface area contributed by atoms with Gasteiger partial charge in [0.25, 0.3) is 5.69 Å². The fraction of sp³-hybridized carbons (Fsp3) is 0.333. The zero-order valence-electron chi connectivity index (χ0n) is 13.1. The molecule has 1 aromatic carbocycles. The van der Waals surface area contributed by atoms with E-state index in [1.54, 1.807) is 19.1 Å². The highest BCUT2D eigenvalue weighted by atomic mass is 32.1. The van der Waals surface area contributed by atoms with Crippen LogP contribution < -0.4 is 4.90 Å². The number of hydrogen-bond donors (Lipinski definition) is 1. The summed E-state index contributed by atoms with van der Waals surface area (Å²) in [4.78, 5) is 28.4. The van der Waals surface area contributed by atoms with E-state index in [-0.39, 0.29) is 10.6 Å². The summed E-state index contributed by atoms with van der Waals surface area (Å²) in [5.41, 5.74) is 1.51. The van der Waals surface area contributed by atoms with Gasteiger partial charge in [-0.1, -0.05) is 0 Å². The Bertz CT molecular complexity index is 753. The topological polar surface area (TPSA) is 96.6 Å². The number of carboxylic acids is 1. The van der Waals surface area contributed by atoms with Crippen LogP contribution in [-0.2, 0) is 0 Å². The Morgan fingerprint density at radius 3 is 2.52 bits per heavy atom. The summed E-state index contributed by atoms with van der Waals surface area (Å²) >= 11 is 1.02. The van der Waals surface area contributed by atoms with Crippen molar-refractivity contribution in [3.05, 3.63) is 38.9 Å². The van der Waals surface area contributed by atoms with E-state index in [9.17, 15) is 14.9 Å². The molecule has 1 heterocycles. The average molecular weight is 335 g/mol. The fourth-order valence-electron chi connectivity index (χ4n) is 2.35. The van der Waals surface area contributed by atoms with Crippen molar-refractivity contribution in [1.29, 1.82) is 0 Å². The van der Waals surface area contributed by atoms with Crippen molar-refractivity contribution in [3.63, 3.8) is 0 Å². The first kappa shape index (κ1) is 16.9. The number of aromatic carboxylic acids is 1. The second-order valence-electron chi connectivity index (χ2n) is 4.87. The Balaban J connectivity index is 2.53. The molecule has 0 saturated heterocycles. The molecular formula is C15H17N3O4S. The van der Waals surface area contributed by atoms with Crippen LogP contribution >= 0.6 is 11.3 Å². The third-order valence-electron chi connectivity index (χ3n) is 3.51. The van der Waals surface area contributed by atoms with E-state index in [0.717, 1.165) is 11.3 Å². The van der Waals surface area contributed by atoms with Crippen LogP contribution in [0.2, 0.25) is 0 Å². The molecule has 0 amide bonds. The monoisotopic (exact) mass is 335 g/mol. The standard InChI is InChI=1S/C15H17N3O4S/c1-4-17(5-2)11-7-6-10(8-12(11)18(21)22)14-16-9(3)13(23-14)15(19)20/h6-8H,4-5H2,1-3H3,(H,19,20). The SMILES string of the molecule is CCN(CC)c1ccc(-c2nc(C)c(C(=O)O)s2)cc1[N+](=O)[O-]. The molecule has 0 bridgehead atoms. The molecule has 0 spiro atoms. The smallest absolute Gasteiger partial charge is 0.347 e. The van der Waals surface area contributed by atoms with Crippen molar-refractivity contribution in [2.45, 2.75) is 20.8 Å². The highest BCUT2D eigenvalue weighted by Gasteiger charge is 2.21. The third-order valence-corrected chi connectivity index (χ3v) is 4.71. The van der Waals surface area contributed by atoms with E-state index in [0.29, 0.717) is 35.0 Å². The Kier molecular flexibility index (Phi) is 4.95. The Morgan fingerprint density at radius 2 is 2.04 bits per heavy atom. The predicted octanol–water partition coefficient (Wildman–Crippen LogP) is 3.57. The fourth-order valence-corrected chi connectivity index (χ4v) is 3.25. The molecule has 0 atom stereocenters. The van der Waals surface area contributed by atoms with Crippen LogP contribution in [0.1, 0.15) is 29.2 Å². The molecule has 2 rings (SSSR count). The molecular weight excluding hydrogens is 318 g/mol. The van der Waals surface area contributed by atoms with Crippen LogP contribution in [0.3, 0.4) is 0 Å². The molecule has 0 fully saturated rings. The molecule has 7 nitrogen and oxygen atoms in total. The van der Waals surface area contributed by atoms with Gasteiger partial charge in [-0.25, -0.2) is 9.78 Å². The molecule has 1 aromatic heterocycles. The maximum atomic E-state index is 11.4. The molecule has 0 unspecified atom stereocenters. The van der Waals surface area contributed by atoms with Crippen LogP contribution in [-0.4, -0.2) is 34.1 Å². The van der Waals surface area contributed by atoms with Gasteiger partial charge in [-0.15, -0.1) is 11.3 Å². The molecule has 1 N–H and O–H groups in total. The number of nitro benzene ring substituents is 1. The van der Waals surface area contributed by atoms with Gasteiger partial charge in [0.05, 0.1) is 10.6 Å². The lowest BCUT2D eigenvalue weighted by Crippen LogP contribution is -2.22. The number of nitro groups is 1. The molecule has 0 aliphatic carbocycles. The van der Waals surface area contributed by atoms with Gasteiger partial charge in [0.1, 0.15) is 15.6 Å². The van der Waals surface area contributed by atoms with Crippen molar-refractivity contribution in [2.24, 2.45) is 0 Å². The second kappa shape index (κ2) is 6.74. The number of carboxylic acid groups (broad SMARTS) is 1. The number of anilines is 1. The van der Waals surface area contributed by atoms with Gasteiger partial charge in [-0.2, -0.15) is 0 Å². The molecule has 0 aliphatic heterocycles. The summed E-state index contributed by atoms with van der Waals surface area (Å²) in [5, 5.41) is 21.0. The van der Waals surface area contributed by atoms with Crippen molar-refractivity contribution >= 4 is 28.7 Å². The van der Waals surface area contributed by atoms with Gasteiger partial charge < -0.3 is 10.0 Å². The van der Waals surface area contributed by atoms with Crippen molar-refractivity contribution in [2.75, 3.05) is 18.0 Å². The van der Waals surface area contributed by atoms with Crippen LogP contribution in [0, 0.1) is 17.0 Å². The largest absolute Gasteiger partial charge is 0.477 e. The highest BCUT2D eigenvalue weighted by Crippen LogP contribution is 2.35. The molecule has 23 heavy (non-hydrogen) atoms. The molecule has 8 heteroatoms. The van der Waals surface area contributed by atoms with Crippen molar-refractivity contribution < 1.29 is 14.8 Å². The van der Waals surface area contributed by atoms with E-state index >= 15 is 0 Å². The van der Waals surface area contributed by atoms with Gasteiger partial charge >= 0.3 is 5.97 Å². The number of aryl methyl sites for hydroxylation is 1. The molecule has 122 valence electrons. The van der Waals surface area contributed by atoms with Crippen LogP contribution in [0.15, 0.2) is 18.2 Å². The number of benzene rings is 1. The molecule has 2 aromatic rings. The Hall–Kier alpha value is -2.48. The van der Waals surface area contributed by atoms with Gasteiger partial charge in [0, 0.05) is 24.7 Å². The molecule has 0 radical (unpaired) electrons. The van der Waals surface area contributed by atoms with Crippen LogP contribution in [0.25, 0.3) is 10.6 Å². The van der Waals surface area contributed by atoms with Gasteiger partial charge in [-0.05, 0) is 32.9 Å². The number of nitrogens with zero attached hydrogens (tertiary/aromatic N) is 3. The van der Waals surface area contributed by atoms with Crippen LogP contribution in [0.5, 0.6) is 0 Å². The maximum absolute atomic E-state index is 11.4. The lowest BCUT2D eigenvalue weighted by atomic mass is 10.1. The summed E-state index contributed by atoms with van der Waals surface area (Å²) < 4.78 is 0. The number of rotatable bonds is 6. The summed E-state index contributed by atoms with van der Waals surface area (Å²) in [6.45, 7) is 6.81. The number of hydrogen-bond acceptors (Lipinski definition) is 6. The lowest BCUT2D eigenvalue weighted by molar-refractivity contribution is -0.384. The number of carbonyl (C=O) groups is 1. The van der Waals surface area contributed by atoms with E-state index in [1.807, 2.05) is 18.7 Å². The quantitative estimate of drug-likeness (QED) is 0.640. The van der Waals surface area contributed by atoms with Crippen LogP contribution in [0.4, 0.5) is 11.4 Å². The zero-order valence-corrected chi connectivity index (χ0v) is 13.9. The normalized spacial score (nSPS) is 10.6. The molecule has 0 aliphatic rings. The summed E-state index contributed by atoms with van der Waals surface area (Å²) in [7, 11) is 0. The summed E-state index contributed by atoms with van der Waals surface area (Å²) in [5.74, 6) is -1.04. The van der Waals surface area contributed by atoms with E-state index < -0.39 is 10.9 Å². The predicted molar refractivity (Wildman–Crippen MR) is 89.5 cm³/mol. The Morgan fingerprint density at radius 1 is 1.39 bits per heavy atom. The van der Waals surface area contributed by atoms with Gasteiger partial charge in [-0.3, -0.25) is 10.1 Å². The Labute approximate surface area is 137 Å². The minimum Gasteiger partial charge on any atom is -0.477 e. The van der Waals surface area contributed by atoms with Gasteiger partial charge in [0.15, 0.2) is 0 Å². The van der Waals surface area contributed by atoms with Crippen molar-refractivity contribution in [1.82, 2.24) is 4.98 Å². The highest BCUT2D eigenvalue weighted by molar-refractivity contribution is 7.17. The minimum atomic E-state index is -1.04. The van der Waals surface area contributed by atoms with E-state index in [2.05, 4.69) is 4.98 Å². The third kappa shape index (κ3) is 3.31. The first-order valence-electron chi connectivity index (χ1n) is 7.13. The summed E-state index contributed by atoms with van der Waals surface area (Å²) in [6, 6.07) is 4.89. The average Bonchev–Trinajstić information content (AvgIpc) is 2.90. The summed E-state index contributed by atoms with van der Waals surface area (Å²) in [6.07, 6.45) is 0. The van der Waals surface area contributed by atoms with Gasteiger partial charge in [0.2, 0.25) is 0 Å². The minimum absolute atomic E-state index is 0.00377. The maximum Gasteiger partial charge on any atom is 0.347 e. The number of thiazole rings is 1. The number of aromatic nitrogens is 1. The second-order valence-corrected chi connectivity index (χ2v) is 5.87. The van der Waals surface area contributed by atoms with E-state index in [1.165, 1.54) is 6.07 Å². The zero-order chi connectivity index (χ0) is 17.1. The van der Waals surface area contributed by atoms with E-state index in [4.69, 9.17) is 5.11 Å².